The molecular weight excluding hydrogens is 609 g/mol. The number of nitrogens with zero attached hydrogens (tertiary/aromatic N) is 4. The number of piperidine rings is 2. The molecule has 2 saturated heterocycles. The zero-order chi connectivity index (χ0) is 34.3. The van der Waals surface area contributed by atoms with E-state index in [1.54, 1.807) is 24.8 Å². The van der Waals surface area contributed by atoms with E-state index in [-0.39, 0.29) is 29.2 Å². The normalized spacial score (nSPS) is 18.1. The molecule has 0 aliphatic carbocycles. The Balaban J connectivity index is 1.37. The number of benzene rings is 1. The van der Waals surface area contributed by atoms with Gasteiger partial charge in [0.15, 0.2) is 0 Å². The van der Waals surface area contributed by atoms with Gasteiger partial charge in [0.1, 0.15) is 28.7 Å². The fourth-order valence-corrected chi connectivity index (χ4v) is 6.75. The van der Waals surface area contributed by atoms with Gasteiger partial charge in [-0.1, -0.05) is 18.2 Å². The number of anilines is 1. The third kappa shape index (κ3) is 7.58. The summed E-state index contributed by atoms with van der Waals surface area (Å²) in [6.07, 6.45) is 1.37. The second-order valence-electron chi connectivity index (χ2n) is 14.3. The first-order chi connectivity index (χ1) is 22.0. The van der Waals surface area contributed by atoms with Crippen LogP contribution in [0.2, 0.25) is 0 Å². The van der Waals surface area contributed by atoms with E-state index in [0.717, 1.165) is 0 Å². The molecule has 9 nitrogen and oxygen atoms in total. The highest BCUT2D eigenvalue weighted by molar-refractivity contribution is 5.87. The van der Waals surface area contributed by atoms with Crippen LogP contribution in [0.3, 0.4) is 0 Å². The summed E-state index contributed by atoms with van der Waals surface area (Å²) in [6, 6.07) is 5.49. The van der Waals surface area contributed by atoms with E-state index in [4.69, 9.17) is 4.74 Å². The molecule has 1 atom stereocenters. The first kappa shape index (κ1) is 34.7. The van der Waals surface area contributed by atoms with Crippen molar-refractivity contribution in [2.45, 2.75) is 104 Å². The number of ether oxygens (including phenoxy) is 1. The number of likely N-dealkylation sites (tertiary alicyclic amines) is 2. The molecule has 0 radical (unpaired) electrons. The number of carbonyl (C=O) groups excluding carboxylic acids is 1. The zero-order valence-electron chi connectivity index (χ0n) is 28.4. The molecule has 2 fully saturated rings. The van der Waals surface area contributed by atoms with Crippen molar-refractivity contribution in [3.8, 4) is 0 Å². The average Bonchev–Trinajstić information content (AvgIpc) is 3.00. The number of fused-ring (bicyclic) bond motifs is 1. The van der Waals surface area contributed by atoms with Crippen LogP contribution >= 0.6 is 0 Å². The number of nitrogens with one attached hydrogen (secondary N) is 2. The highest BCUT2D eigenvalue weighted by atomic mass is 19.3. The Morgan fingerprint density at radius 2 is 1.70 bits per heavy atom. The number of hydrogen-bond acceptors (Lipinski definition) is 7. The van der Waals surface area contributed by atoms with Gasteiger partial charge in [0, 0.05) is 36.2 Å². The second-order valence-corrected chi connectivity index (χ2v) is 14.3. The Kier molecular flexibility index (Phi) is 9.92. The van der Waals surface area contributed by atoms with Crippen molar-refractivity contribution in [3.63, 3.8) is 0 Å². The molecule has 1 aromatic carbocycles. The number of halogens is 3. The predicted molar refractivity (Wildman–Crippen MR) is 176 cm³/mol. The highest BCUT2D eigenvalue weighted by Crippen LogP contribution is 2.44. The standard InChI is InChI=1S/C35H47F3N6O3/c1-20(2)43-17-13-24(14-18-43)35(37,38)28-10-8-9-25(29(28)36)21(3)39-30-27-19-26(32(45)42-31(27)41-22(4)40-30)23-11-15-44(16-12-23)33(46)47-34(5,6)7/h8-10,19-21,23-24H,11-18H2,1-7H3,(H2,39,40,41,42,45)/t21-/m1/s1. The summed E-state index contributed by atoms with van der Waals surface area (Å²) >= 11 is 0. The molecule has 47 heavy (non-hydrogen) atoms. The lowest BCUT2D eigenvalue weighted by Gasteiger charge is -2.38. The van der Waals surface area contributed by atoms with Crippen molar-refractivity contribution < 1.29 is 22.7 Å². The third-order valence-corrected chi connectivity index (χ3v) is 9.42. The van der Waals surface area contributed by atoms with Gasteiger partial charge in [-0.3, -0.25) is 4.79 Å². The van der Waals surface area contributed by atoms with Crippen molar-refractivity contribution in [2.24, 2.45) is 5.92 Å². The number of amides is 1. The van der Waals surface area contributed by atoms with E-state index in [2.05, 4.69) is 25.2 Å². The van der Waals surface area contributed by atoms with Crippen LogP contribution in [0.4, 0.5) is 23.8 Å². The van der Waals surface area contributed by atoms with Gasteiger partial charge in [0.05, 0.1) is 17.0 Å². The van der Waals surface area contributed by atoms with Crippen LogP contribution in [0.1, 0.15) is 102 Å². The molecule has 12 heteroatoms. The molecule has 5 rings (SSSR count). The van der Waals surface area contributed by atoms with Crippen LogP contribution in [0, 0.1) is 18.7 Å². The summed E-state index contributed by atoms with van der Waals surface area (Å²) in [5.74, 6) is -4.54. The number of alkyl halides is 2. The van der Waals surface area contributed by atoms with Crippen LogP contribution in [0.25, 0.3) is 11.0 Å². The minimum Gasteiger partial charge on any atom is -0.444 e. The number of aryl methyl sites for hydroxylation is 1. The molecule has 1 amide bonds. The van der Waals surface area contributed by atoms with E-state index >= 15 is 13.2 Å². The van der Waals surface area contributed by atoms with Crippen LogP contribution in [0.15, 0.2) is 29.1 Å². The van der Waals surface area contributed by atoms with Crippen LogP contribution in [-0.4, -0.2) is 68.7 Å². The molecule has 0 saturated carbocycles. The summed E-state index contributed by atoms with van der Waals surface area (Å²) < 4.78 is 53.1. The second kappa shape index (κ2) is 13.4. The molecule has 256 valence electrons. The lowest BCUT2D eigenvalue weighted by Crippen LogP contribution is -2.42. The van der Waals surface area contributed by atoms with Crippen molar-refractivity contribution in [1.29, 1.82) is 0 Å². The summed E-state index contributed by atoms with van der Waals surface area (Å²) in [5.41, 5.74) is -0.490. The summed E-state index contributed by atoms with van der Waals surface area (Å²) in [6.45, 7) is 14.9. The molecule has 2 aliphatic heterocycles. The van der Waals surface area contributed by atoms with Gasteiger partial charge in [-0.25, -0.2) is 27.9 Å². The Morgan fingerprint density at radius 3 is 2.32 bits per heavy atom. The zero-order valence-corrected chi connectivity index (χ0v) is 28.4. The van der Waals surface area contributed by atoms with Crippen LogP contribution in [-0.2, 0) is 10.7 Å². The fraction of sp³-hybridized carbons (Fsp3) is 0.600. The van der Waals surface area contributed by atoms with E-state index in [9.17, 15) is 9.59 Å². The van der Waals surface area contributed by atoms with Gasteiger partial charge in [-0.2, -0.15) is 0 Å². The first-order valence-electron chi connectivity index (χ1n) is 16.6. The highest BCUT2D eigenvalue weighted by Gasteiger charge is 2.45. The number of H-pyrrole nitrogens is 1. The van der Waals surface area contributed by atoms with Gasteiger partial charge in [-0.15, -0.1) is 0 Å². The molecule has 0 unspecified atom stereocenters. The summed E-state index contributed by atoms with van der Waals surface area (Å²) in [7, 11) is 0. The van der Waals surface area contributed by atoms with E-state index < -0.39 is 34.9 Å². The molecule has 3 aromatic rings. The summed E-state index contributed by atoms with van der Waals surface area (Å²) in [4.78, 5) is 41.4. The van der Waals surface area contributed by atoms with Gasteiger partial charge in [0.25, 0.3) is 11.5 Å². The van der Waals surface area contributed by atoms with Gasteiger partial charge < -0.3 is 24.8 Å². The lowest BCUT2D eigenvalue weighted by atomic mass is 9.85. The van der Waals surface area contributed by atoms with E-state index in [1.165, 1.54) is 18.2 Å². The van der Waals surface area contributed by atoms with Crippen molar-refractivity contribution >= 4 is 22.9 Å². The van der Waals surface area contributed by atoms with Crippen molar-refractivity contribution in [3.05, 3.63) is 63.0 Å². The maximum Gasteiger partial charge on any atom is 0.410 e. The van der Waals surface area contributed by atoms with E-state index in [0.29, 0.717) is 80.1 Å². The van der Waals surface area contributed by atoms with Gasteiger partial charge in [0.2, 0.25) is 0 Å². The number of pyridine rings is 1. The topological polar surface area (TPSA) is 103 Å². The van der Waals surface area contributed by atoms with E-state index in [1.807, 2.05) is 34.6 Å². The third-order valence-electron chi connectivity index (χ3n) is 9.42. The van der Waals surface area contributed by atoms with Gasteiger partial charge >= 0.3 is 6.09 Å². The minimum absolute atomic E-state index is 0.102. The molecule has 0 spiro atoms. The molecular formula is C35H47F3N6O3. The average molecular weight is 657 g/mol. The first-order valence-corrected chi connectivity index (χ1v) is 16.6. The largest absolute Gasteiger partial charge is 0.444 e. The molecule has 4 heterocycles. The quantitative estimate of drug-likeness (QED) is 0.276. The van der Waals surface area contributed by atoms with Crippen molar-refractivity contribution in [1.82, 2.24) is 24.8 Å². The summed E-state index contributed by atoms with van der Waals surface area (Å²) in [5, 5.41) is 3.75. The number of hydrogen-bond donors (Lipinski definition) is 2. The monoisotopic (exact) mass is 656 g/mol. The molecule has 0 bridgehead atoms. The maximum absolute atomic E-state index is 16.0. The Labute approximate surface area is 274 Å². The lowest BCUT2D eigenvalue weighted by molar-refractivity contribution is -0.0900. The number of carbonyl (C=O) groups is 1. The van der Waals surface area contributed by atoms with Crippen molar-refractivity contribution in [2.75, 3.05) is 31.5 Å². The van der Waals surface area contributed by atoms with Gasteiger partial charge in [-0.05, 0) is 99.2 Å². The Hall–Kier alpha value is -3.67. The number of aromatic nitrogens is 3. The Morgan fingerprint density at radius 1 is 1.04 bits per heavy atom. The molecule has 2 N–H and O–H groups in total. The van der Waals surface area contributed by atoms with Crippen LogP contribution in [0.5, 0.6) is 0 Å². The molecule has 2 aliphatic rings. The Bertz CT molecular complexity index is 1650. The molecule has 2 aromatic heterocycles. The minimum atomic E-state index is -3.31. The SMILES string of the molecule is Cc1nc(N[C@H](C)c2cccc(C(F)(F)C3CCN(C(C)C)CC3)c2F)c2cc(C3CCN(C(=O)OC(C)(C)C)CC3)c(=O)[nH]c2n1. The van der Waals surface area contributed by atoms with Crippen LogP contribution < -0.4 is 10.9 Å². The number of rotatable bonds is 7. The number of aromatic amines is 1. The maximum atomic E-state index is 16.0. The predicted octanol–water partition coefficient (Wildman–Crippen LogP) is 7.27. The fourth-order valence-electron chi connectivity index (χ4n) is 6.75. The smallest absolute Gasteiger partial charge is 0.410 e.